The topological polar surface area (TPSA) is 314 Å². The molecule has 1 saturated heterocycles. The van der Waals surface area contributed by atoms with E-state index in [1.54, 1.807) is 0 Å². The molecular formula is C26H29B2FN4O15. The van der Waals surface area contributed by atoms with Crippen molar-refractivity contribution >= 4 is 39.5 Å². The number of halogens is 1. The van der Waals surface area contributed by atoms with Crippen LogP contribution in [0.4, 0.5) is 10.1 Å². The van der Waals surface area contributed by atoms with Crippen molar-refractivity contribution in [2.75, 3.05) is 12.4 Å². The Kier molecular flexibility index (Phi) is 9.12. The van der Waals surface area contributed by atoms with Gasteiger partial charge in [-0.05, 0) is 23.8 Å². The van der Waals surface area contributed by atoms with Crippen molar-refractivity contribution in [3.05, 3.63) is 64.5 Å². The largest absolute Gasteiger partial charge is 0.381 e. The molecular weight excluding hydrogens is 649 g/mol. The van der Waals surface area contributed by atoms with Crippen LogP contribution in [0.15, 0.2) is 36.4 Å². The van der Waals surface area contributed by atoms with Crippen molar-refractivity contribution in [2.45, 2.75) is 60.1 Å². The molecule has 22 heteroatoms. The van der Waals surface area contributed by atoms with E-state index in [1.165, 1.54) is 24.3 Å². The zero-order chi connectivity index (χ0) is 36.5. The summed E-state index contributed by atoms with van der Waals surface area (Å²) in [7, 11) is 11.5. The number of aldehydes is 1. The number of morpholine rings is 1. The first-order valence-corrected chi connectivity index (χ1v) is 13.5. The first-order chi connectivity index (χ1) is 21.8. The van der Waals surface area contributed by atoms with Gasteiger partial charge in [-0.15, -0.1) is 0 Å². The number of nitrogens with zero attached hydrogens (tertiary/aromatic N) is 2. The number of likely N-dealkylation sites (N-methyl/N-ethyl adjacent to an activating group) is 1. The van der Waals surface area contributed by atoms with Crippen LogP contribution < -0.4 is 10.6 Å². The number of carbonyl (C=O) groups is 3. The maximum atomic E-state index is 15.2. The number of nitrogens with one attached hydrogen (secondary N) is 2. The van der Waals surface area contributed by atoms with Crippen LogP contribution in [0.1, 0.15) is 27.0 Å². The van der Waals surface area contributed by atoms with Crippen LogP contribution in [0.2, 0.25) is 0 Å². The number of anilines is 1. The van der Waals surface area contributed by atoms with Crippen LogP contribution >= 0.6 is 0 Å². The summed E-state index contributed by atoms with van der Waals surface area (Å²) in [5.41, 5.74) is -11.4. The van der Waals surface area contributed by atoms with E-state index in [1.807, 2.05) is 5.32 Å². The van der Waals surface area contributed by atoms with Crippen LogP contribution in [0, 0.1) is 5.82 Å². The van der Waals surface area contributed by atoms with Gasteiger partial charge < -0.3 is 66.8 Å². The number of hydrogen-bond acceptors (Lipinski definition) is 17. The Labute approximate surface area is 271 Å². The molecule has 0 aromatic heterocycles. The number of rotatable bonds is 10. The molecule has 13 N–H and O–H groups in total. The minimum Gasteiger partial charge on any atom is -0.381 e. The maximum absolute atomic E-state index is 15.2. The molecule has 0 spiro atoms. The molecule has 2 heterocycles. The number of hydrogen-bond donors (Lipinski definition) is 13. The lowest BCUT2D eigenvalue weighted by Gasteiger charge is -2.59. The molecule has 19 nitrogen and oxygen atoms in total. The van der Waals surface area contributed by atoms with Crippen LogP contribution in [-0.4, -0.2) is 147 Å². The van der Waals surface area contributed by atoms with Crippen LogP contribution in [0.25, 0.3) is 0 Å². The van der Waals surface area contributed by atoms with Crippen LogP contribution in [-0.2, 0) is 34.0 Å². The first-order valence-electron chi connectivity index (χ1n) is 13.5. The molecule has 2 aliphatic heterocycles. The molecule has 2 aliphatic rings. The van der Waals surface area contributed by atoms with Crippen LogP contribution in [0.3, 0.4) is 0 Å². The third-order valence-electron chi connectivity index (χ3n) is 8.04. The van der Waals surface area contributed by atoms with Gasteiger partial charge >= 0.3 is 5.97 Å². The molecule has 1 fully saturated rings. The van der Waals surface area contributed by atoms with Gasteiger partial charge in [-0.2, -0.15) is 0 Å². The molecule has 3 atom stereocenters. The molecule has 256 valence electrons. The van der Waals surface area contributed by atoms with E-state index < -0.39 is 77.5 Å². The fraction of sp³-hybridized carbons (Fsp3) is 0.423. The Morgan fingerprint density at radius 3 is 2.25 bits per heavy atom. The summed E-state index contributed by atoms with van der Waals surface area (Å²) in [6.07, 6.45) is -0.785. The Morgan fingerprint density at radius 2 is 1.69 bits per heavy atom. The van der Waals surface area contributed by atoms with E-state index in [4.69, 9.17) is 15.7 Å². The van der Waals surface area contributed by atoms with Crippen LogP contribution in [0.5, 0.6) is 0 Å². The summed E-state index contributed by atoms with van der Waals surface area (Å²) < 4.78 is 19.3. The minimum atomic E-state index is -4.37. The molecule has 0 aliphatic carbocycles. The highest BCUT2D eigenvalue weighted by Crippen LogP contribution is 2.42. The molecule has 48 heavy (non-hydrogen) atoms. The maximum Gasteiger partial charge on any atom is 0.315 e. The second-order valence-electron chi connectivity index (χ2n) is 11.1. The quantitative estimate of drug-likeness (QED) is 0.0631. The monoisotopic (exact) mass is 678 g/mol. The highest BCUT2D eigenvalue weighted by atomic mass is 19.1. The van der Waals surface area contributed by atoms with Gasteiger partial charge in [-0.1, -0.05) is 18.2 Å². The normalized spacial score (nSPS) is 25.3. The first kappa shape index (κ1) is 37.2. The van der Waals surface area contributed by atoms with Crippen molar-refractivity contribution < 1.29 is 79.7 Å². The second kappa shape index (κ2) is 11.8. The smallest absolute Gasteiger partial charge is 0.315 e. The highest BCUT2D eigenvalue weighted by molar-refractivity contribution is 6.16. The summed E-state index contributed by atoms with van der Waals surface area (Å²) in [6, 6.07) is 7.05. The summed E-state index contributed by atoms with van der Waals surface area (Å²) in [4.78, 5) is 37.2. The molecule has 0 saturated carbocycles. The van der Waals surface area contributed by atoms with Crippen molar-refractivity contribution in [3.63, 3.8) is 0 Å². The lowest BCUT2D eigenvalue weighted by atomic mass is 9.78. The van der Waals surface area contributed by atoms with E-state index >= 15 is 4.39 Å². The molecule has 4 radical (unpaired) electrons. The van der Waals surface area contributed by atoms with Gasteiger partial charge in [0.15, 0.2) is 25.4 Å². The molecule has 4 rings (SSSR count). The lowest BCUT2D eigenvalue weighted by molar-refractivity contribution is -0.560. The van der Waals surface area contributed by atoms with Gasteiger partial charge in [0.05, 0.1) is 6.54 Å². The fourth-order valence-corrected chi connectivity index (χ4v) is 5.15. The Hall–Kier alpha value is -3.61. The van der Waals surface area contributed by atoms with E-state index in [0.29, 0.717) is 0 Å². The third kappa shape index (κ3) is 5.45. The highest BCUT2D eigenvalue weighted by Gasteiger charge is 2.71. The average molecular weight is 678 g/mol. The zero-order valence-corrected chi connectivity index (χ0v) is 24.6. The van der Waals surface area contributed by atoms with Gasteiger partial charge in [0, 0.05) is 42.5 Å². The van der Waals surface area contributed by atoms with Crippen molar-refractivity contribution in [1.29, 1.82) is 0 Å². The standard InChI is InChI=1S/C26H29B2FN4O15/c1-30-19(36)21(39,22(40,41)20(37,38)11-34)32-10-15-14(18(32)35)3-2-4-17(15)31-8-13-6-5-12(7-16(13)29)9-33-23(27,42)26(46,47)48-24(28,43)25(33,44)45/h2-7,11,31,37-47H,8-10H2,1H3,(H,30,36). The summed E-state index contributed by atoms with van der Waals surface area (Å²) in [5, 5.41) is 117. The number of aliphatic hydroxyl groups is 11. The Balaban J connectivity index is 1.59. The second-order valence-corrected chi connectivity index (χ2v) is 11.1. The molecule has 0 bridgehead atoms. The van der Waals surface area contributed by atoms with E-state index in [2.05, 4.69) is 10.1 Å². The van der Waals surface area contributed by atoms with Crippen molar-refractivity contribution in [1.82, 2.24) is 15.1 Å². The van der Waals surface area contributed by atoms with Gasteiger partial charge in [0.1, 0.15) is 13.7 Å². The predicted octanol–water partition coefficient (Wildman–Crippen LogP) is -6.87. The van der Waals surface area contributed by atoms with Crippen molar-refractivity contribution in [2.24, 2.45) is 0 Å². The van der Waals surface area contributed by atoms with Gasteiger partial charge in [-0.25, -0.2) is 9.29 Å². The number of benzene rings is 2. The summed E-state index contributed by atoms with van der Waals surface area (Å²) >= 11 is 0. The zero-order valence-electron chi connectivity index (χ0n) is 24.6. The Morgan fingerprint density at radius 1 is 1.06 bits per heavy atom. The SMILES string of the molecule is [B]C1(O)OC(O)(O)C([B])(O)N(Cc2ccc(CNc3cccc4c3CN(C(O)(C(=O)NC)C(O)(O)C(O)(O)C=O)C4=O)c(F)c2)C1(O)O. The lowest BCUT2D eigenvalue weighted by Crippen LogP contribution is -2.84. The molecule has 2 aromatic rings. The van der Waals surface area contributed by atoms with Gasteiger partial charge in [0.25, 0.3) is 35.0 Å². The number of ether oxygens (including phenoxy) is 1. The average Bonchev–Trinajstić information content (AvgIpc) is 3.33. The number of carbonyl (C=O) groups excluding carboxylic acids is 3. The van der Waals surface area contributed by atoms with Gasteiger partial charge in [0.2, 0.25) is 0 Å². The minimum absolute atomic E-state index is 0.00720. The van der Waals surface area contributed by atoms with Crippen molar-refractivity contribution in [3.8, 4) is 0 Å². The van der Waals surface area contributed by atoms with E-state index in [-0.39, 0.29) is 44.3 Å². The Bertz CT molecular complexity index is 1610. The fourth-order valence-electron chi connectivity index (χ4n) is 5.15. The van der Waals surface area contributed by atoms with E-state index in [0.717, 1.165) is 19.2 Å². The third-order valence-corrected chi connectivity index (χ3v) is 8.04. The number of amides is 2. The van der Waals surface area contributed by atoms with Gasteiger partial charge in [-0.3, -0.25) is 24.0 Å². The number of fused-ring (bicyclic) bond motifs is 1. The molecule has 3 unspecified atom stereocenters. The molecule has 2 aromatic carbocycles. The van der Waals surface area contributed by atoms with E-state index in [9.17, 15) is 70.6 Å². The predicted molar refractivity (Wildman–Crippen MR) is 152 cm³/mol. The summed E-state index contributed by atoms with van der Waals surface area (Å²) in [5.74, 6) is -20.1. The molecule has 2 amide bonds. The summed E-state index contributed by atoms with van der Waals surface area (Å²) in [6.45, 7) is -2.10.